The summed E-state index contributed by atoms with van der Waals surface area (Å²) in [6.45, 7) is 17.3. The van der Waals surface area contributed by atoms with E-state index in [9.17, 15) is 9.90 Å². The molecule has 0 amide bonds. The van der Waals surface area contributed by atoms with Crippen LogP contribution in [0.25, 0.3) is 29.4 Å². The molecule has 0 unspecified atom stereocenters. The molecule has 0 aliphatic heterocycles. The maximum Gasteiger partial charge on any atom is 0.328 e. The van der Waals surface area contributed by atoms with Crippen LogP contribution in [0.5, 0.6) is 0 Å². The van der Waals surface area contributed by atoms with Crippen molar-refractivity contribution in [1.29, 1.82) is 0 Å². The van der Waals surface area contributed by atoms with Crippen LogP contribution < -0.4 is 4.90 Å². The minimum atomic E-state index is -0.972. The van der Waals surface area contributed by atoms with Crippen molar-refractivity contribution >= 4 is 52.4 Å². The summed E-state index contributed by atoms with van der Waals surface area (Å²) in [6.07, 6.45) is 7.37. The maximum absolute atomic E-state index is 11.2. The normalized spacial score (nSPS) is 11.1. The molecule has 0 radical (unpaired) electrons. The summed E-state index contributed by atoms with van der Waals surface area (Å²) in [7, 11) is 0. The van der Waals surface area contributed by atoms with Gasteiger partial charge >= 0.3 is 5.97 Å². The summed E-state index contributed by atoms with van der Waals surface area (Å²) in [5.74, 6) is -0.972. The smallest absolute Gasteiger partial charge is 0.328 e. The Morgan fingerprint density at radius 3 is 0.883 bits per heavy atom. The average molecular weight is 784 g/mol. The van der Waals surface area contributed by atoms with E-state index >= 15 is 0 Å². The molecule has 0 atom stereocenters. The Morgan fingerprint density at radius 1 is 0.383 bits per heavy atom. The van der Waals surface area contributed by atoms with Gasteiger partial charge in [0.25, 0.3) is 0 Å². The first-order chi connectivity index (χ1) is 28.8. The molecule has 0 heterocycles. The fraction of sp³-hybridized carbons (Fsp3) is 0.140. The van der Waals surface area contributed by atoms with Crippen molar-refractivity contribution in [3.8, 4) is 0 Å². The van der Waals surface area contributed by atoms with Gasteiger partial charge in [0.1, 0.15) is 0 Å². The topological polar surface area (TPSA) is 40.5 Å². The molecule has 0 aliphatic rings. The van der Waals surface area contributed by atoms with Crippen LogP contribution in [0.4, 0.5) is 17.1 Å². The number of aliphatic carboxylic acids is 1. The van der Waals surface area contributed by atoms with Crippen molar-refractivity contribution in [3.05, 3.63) is 235 Å². The van der Waals surface area contributed by atoms with Crippen LogP contribution in [0, 0.1) is 55.4 Å². The van der Waals surface area contributed by atoms with Crippen LogP contribution in [0.3, 0.4) is 0 Å². The number of hydrogen-bond acceptors (Lipinski definition) is 2. The molecule has 3 nitrogen and oxygen atoms in total. The third-order valence-electron chi connectivity index (χ3n) is 10.6. The second-order valence-electron chi connectivity index (χ2n) is 16.4. The second kappa shape index (κ2) is 17.9. The lowest BCUT2D eigenvalue weighted by Crippen LogP contribution is -2.09. The number of carbonyl (C=O) groups is 1. The van der Waals surface area contributed by atoms with Crippen molar-refractivity contribution in [1.82, 2.24) is 0 Å². The summed E-state index contributed by atoms with van der Waals surface area (Å²) >= 11 is 0. The Bertz CT molecular complexity index is 2430. The van der Waals surface area contributed by atoms with Gasteiger partial charge in [-0.05, 0) is 160 Å². The number of carboxylic acid groups (broad SMARTS) is 1. The van der Waals surface area contributed by atoms with Gasteiger partial charge in [-0.1, -0.05) is 154 Å². The molecule has 0 saturated carbocycles. The van der Waals surface area contributed by atoms with Gasteiger partial charge in [0.05, 0.1) is 0 Å². The van der Waals surface area contributed by atoms with Crippen molar-refractivity contribution in [2.45, 2.75) is 55.4 Å². The summed E-state index contributed by atoms with van der Waals surface area (Å²) in [4.78, 5) is 13.5. The molecule has 0 fully saturated rings. The molecule has 0 bridgehead atoms. The van der Waals surface area contributed by atoms with Gasteiger partial charge < -0.3 is 10.0 Å². The zero-order valence-electron chi connectivity index (χ0n) is 36.0. The zero-order chi connectivity index (χ0) is 42.5. The highest BCUT2D eigenvalue weighted by atomic mass is 16.4. The number of benzene rings is 7. The molecule has 7 rings (SSSR count). The average Bonchev–Trinajstić information content (AvgIpc) is 3.18. The molecule has 0 aliphatic carbocycles. The largest absolute Gasteiger partial charge is 0.478 e. The summed E-state index contributed by atoms with van der Waals surface area (Å²) < 4.78 is 0. The van der Waals surface area contributed by atoms with Gasteiger partial charge in [0.2, 0.25) is 0 Å². The summed E-state index contributed by atoms with van der Waals surface area (Å²) in [5, 5.41) is 9.22. The van der Waals surface area contributed by atoms with Crippen molar-refractivity contribution < 1.29 is 9.90 Å². The van der Waals surface area contributed by atoms with Crippen LogP contribution in [0.2, 0.25) is 0 Å². The maximum atomic E-state index is 11.2. The van der Waals surface area contributed by atoms with Crippen molar-refractivity contribution in [2.24, 2.45) is 0 Å². The molecule has 0 aromatic heterocycles. The van der Waals surface area contributed by atoms with E-state index in [2.05, 4.69) is 194 Å². The number of carboxylic acids is 1. The molecular formula is C57H53NO2. The molecule has 1 N–H and O–H groups in total. The fourth-order valence-electron chi connectivity index (χ4n) is 8.31. The van der Waals surface area contributed by atoms with E-state index in [1.807, 2.05) is 24.3 Å². The minimum absolute atomic E-state index is 0.817. The van der Waals surface area contributed by atoms with Crippen LogP contribution in [0.15, 0.2) is 152 Å². The molecular weight excluding hydrogens is 731 g/mol. The highest BCUT2D eigenvalue weighted by Crippen LogP contribution is 2.37. The van der Waals surface area contributed by atoms with Crippen molar-refractivity contribution in [3.63, 3.8) is 0 Å². The van der Waals surface area contributed by atoms with E-state index in [1.165, 1.54) is 84.0 Å². The van der Waals surface area contributed by atoms with E-state index in [-0.39, 0.29) is 0 Å². The first-order valence-electron chi connectivity index (χ1n) is 20.6. The highest BCUT2D eigenvalue weighted by Gasteiger charge is 2.15. The SMILES string of the molecule is Cc1cc(C)cc(C(=Cc2ccc(N(c3ccc(C=CC(=O)O)cc3)c3ccc(C=C(c4cc(C)cc(C)c4)c4cc(C)cc(C)c4)cc3)cc2)c2cc(C)cc(C)c2)c1. The zero-order valence-corrected chi connectivity index (χ0v) is 36.0. The third-order valence-corrected chi connectivity index (χ3v) is 10.6. The van der Waals surface area contributed by atoms with E-state index in [1.54, 1.807) is 6.08 Å². The summed E-state index contributed by atoms with van der Waals surface area (Å²) in [5.41, 5.74) is 23.1. The number of anilines is 3. The third kappa shape index (κ3) is 10.2. The quantitative estimate of drug-likeness (QED) is 0.105. The first-order valence-corrected chi connectivity index (χ1v) is 20.6. The molecule has 7 aromatic rings. The van der Waals surface area contributed by atoms with Crippen molar-refractivity contribution in [2.75, 3.05) is 4.90 Å². The number of rotatable bonds is 11. The van der Waals surface area contributed by atoms with Crippen LogP contribution in [0.1, 0.15) is 83.5 Å². The van der Waals surface area contributed by atoms with Crippen LogP contribution >= 0.6 is 0 Å². The monoisotopic (exact) mass is 783 g/mol. The van der Waals surface area contributed by atoms with E-state index in [4.69, 9.17) is 0 Å². The predicted octanol–water partition coefficient (Wildman–Crippen LogP) is 14.9. The molecule has 0 saturated heterocycles. The van der Waals surface area contributed by atoms with E-state index < -0.39 is 5.97 Å². The van der Waals surface area contributed by atoms with E-state index in [0.29, 0.717) is 0 Å². The second-order valence-corrected chi connectivity index (χ2v) is 16.4. The van der Waals surface area contributed by atoms with Gasteiger partial charge in [0.15, 0.2) is 0 Å². The molecule has 60 heavy (non-hydrogen) atoms. The Labute approximate surface area is 356 Å². The Hall–Kier alpha value is -6.97. The van der Waals surface area contributed by atoms with Gasteiger partial charge in [-0.3, -0.25) is 0 Å². The van der Waals surface area contributed by atoms with Crippen LogP contribution in [-0.4, -0.2) is 11.1 Å². The number of hydrogen-bond donors (Lipinski definition) is 1. The fourth-order valence-corrected chi connectivity index (χ4v) is 8.31. The molecule has 0 spiro atoms. The Morgan fingerprint density at radius 2 is 0.633 bits per heavy atom. The predicted molar refractivity (Wildman–Crippen MR) is 255 cm³/mol. The van der Waals surface area contributed by atoms with Crippen LogP contribution in [-0.2, 0) is 4.79 Å². The summed E-state index contributed by atoms with van der Waals surface area (Å²) in [6, 6.07) is 52.5. The van der Waals surface area contributed by atoms with Gasteiger partial charge in [-0.2, -0.15) is 0 Å². The minimum Gasteiger partial charge on any atom is -0.478 e. The molecule has 7 aromatic carbocycles. The lowest BCUT2D eigenvalue weighted by atomic mass is 9.91. The van der Waals surface area contributed by atoms with Gasteiger partial charge in [0, 0.05) is 23.1 Å². The highest BCUT2D eigenvalue weighted by molar-refractivity contribution is 5.94. The first kappa shape index (κ1) is 41.2. The number of nitrogens with zero attached hydrogens (tertiary/aromatic N) is 1. The van der Waals surface area contributed by atoms with Gasteiger partial charge in [-0.25, -0.2) is 4.79 Å². The number of aryl methyl sites for hydroxylation is 8. The molecule has 298 valence electrons. The van der Waals surface area contributed by atoms with Gasteiger partial charge in [-0.15, -0.1) is 0 Å². The molecule has 3 heteroatoms. The van der Waals surface area contributed by atoms with E-state index in [0.717, 1.165) is 33.8 Å². The lowest BCUT2D eigenvalue weighted by molar-refractivity contribution is -0.131. The Kier molecular flexibility index (Phi) is 12.3. The lowest BCUT2D eigenvalue weighted by Gasteiger charge is -2.26. The Balaban J connectivity index is 1.31. The standard InChI is InChI=1S/C57H53NO2/c1-37-23-38(2)28-48(27-37)55(49-29-39(3)24-40(4)30-49)35-46-11-18-53(19-12-46)58(52-16-9-45(10-17-52)15-22-57(59)60)54-20-13-47(14-21-54)36-56(50-31-41(5)25-42(6)32-50)51-33-43(7)26-44(8)34-51/h9-36H,1-8H3,(H,59,60).